The minimum absolute atomic E-state index is 0.0945. The van der Waals surface area contributed by atoms with Crippen LogP contribution >= 0.6 is 0 Å². The number of carbonyl (C=O) groups is 3. The number of halogens is 3. The van der Waals surface area contributed by atoms with Crippen LogP contribution in [0.25, 0.3) is 0 Å². The molecular weight excluding hydrogens is 403 g/mol. The van der Waals surface area contributed by atoms with Crippen molar-refractivity contribution < 1.29 is 32.3 Å². The summed E-state index contributed by atoms with van der Waals surface area (Å²) in [5, 5.41) is 3.31. The first-order valence-corrected chi connectivity index (χ1v) is 8.90. The summed E-state index contributed by atoms with van der Waals surface area (Å²) in [6.07, 6.45) is -5.39. The summed E-state index contributed by atoms with van der Waals surface area (Å²) in [6.45, 7) is 0. The van der Waals surface area contributed by atoms with Crippen molar-refractivity contribution in [2.75, 3.05) is 12.0 Å². The van der Waals surface area contributed by atoms with Crippen LogP contribution < -0.4 is 20.3 Å². The summed E-state index contributed by atoms with van der Waals surface area (Å²) >= 11 is 0. The van der Waals surface area contributed by atoms with E-state index >= 15 is 0 Å². The van der Waals surface area contributed by atoms with Crippen LogP contribution in [0.5, 0.6) is 5.75 Å². The Morgan fingerprint density at radius 1 is 1.10 bits per heavy atom. The zero-order valence-corrected chi connectivity index (χ0v) is 15.8. The number of urea groups is 1. The van der Waals surface area contributed by atoms with Crippen molar-refractivity contribution in [3.8, 4) is 5.75 Å². The molecule has 2 aromatic carbocycles. The first-order chi connectivity index (χ1) is 14.2. The van der Waals surface area contributed by atoms with Crippen LogP contribution in [0.2, 0.25) is 0 Å². The quantitative estimate of drug-likeness (QED) is 0.703. The molecule has 1 fully saturated rings. The number of methoxy groups -OCH3 is 1. The van der Waals surface area contributed by atoms with Gasteiger partial charge in [0.2, 0.25) is 5.91 Å². The molecule has 0 spiro atoms. The van der Waals surface area contributed by atoms with E-state index in [1.807, 2.05) is 0 Å². The highest BCUT2D eigenvalue weighted by atomic mass is 19.4. The Morgan fingerprint density at radius 3 is 2.30 bits per heavy atom. The number of anilines is 1. The minimum Gasteiger partial charge on any atom is -0.497 e. The number of benzene rings is 2. The van der Waals surface area contributed by atoms with Crippen molar-refractivity contribution in [3.05, 3.63) is 60.2 Å². The zero-order valence-electron chi connectivity index (χ0n) is 15.8. The Hall–Kier alpha value is -3.56. The monoisotopic (exact) mass is 421 g/mol. The van der Waals surface area contributed by atoms with Gasteiger partial charge in [0.05, 0.1) is 12.8 Å². The molecule has 1 heterocycles. The van der Waals surface area contributed by atoms with Crippen LogP contribution in [0, 0.1) is 0 Å². The molecule has 1 aliphatic rings. The van der Waals surface area contributed by atoms with Crippen LogP contribution in [-0.2, 0) is 16.0 Å². The normalized spacial score (nSPS) is 18.9. The highest BCUT2D eigenvalue weighted by Crippen LogP contribution is 2.36. The third-order valence-electron chi connectivity index (χ3n) is 4.59. The predicted molar refractivity (Wildman–Crippen MR) is 101 cm³/mol. The Kier molecular flexibility index (Phi) is 5.68. The lowest BCUT2D eigenvalue weighted by molar-refractivity contribution is -0.201. The number of amides is 4. The molecule has 30 heavy (non-hydrogen) atoms. The fraction of sp³-hybridized carbons (Fsp3) is 0.250. The maximum absolute atomic E-state index is 13.9. The van der Waals surface area contributed by atoms with Crippen molar-refractivity contribution in [1.82, 2.24) is 10.6 Å². The highest BCUT2D eigenvalue weighted by molar-refractivity contribution is 6.24. The lowest BCUT2D eigenvalue weighted by atomic mass is 10.1. The predicted octanol–water partition coefficient (Wildman–Crippen LogP) is 2.76. The van der Waals surface area contributed by atoms with Crippen LogP contribution in [0.3, 0.4) is 0 Å². The second-order valence-electron chi connectivity index (χ2n) is 6.55. The SMILES string of the molecule is COc1ccc(N2C(=O)NC(NC(=O)CCc3ccccc3)(C(F)(F)F)C2=O)cc1. The number of rotatable bonds is 6. The molecule has 0 aromatic heterocycles. The second kappa shape index (κ2) is 8.05. The summed E-state index contributed by atoms with van der Waals surface area (Å²) in [5.41, 5.74) is -2.89. The molecule has 2 aromatic rings. The van der Waals surface area contributed by atoms with Gasteiger partial charge in [-0.25, -0.2) is 9.69 Å². The lowest BCUT2D eigenvalue weighted by Gasteiger charge is -2.29. The molecule has 3 rings (SSSR count). The van der Waals surface area contributed by atoms with Gasteiger partial charge in [0.25, 0.3) is 11.6 Å². The first-order valence-electron chi connectivity index (χ1n) is 8.90. The Balaban J connectivity index is 1.83. The van der Waals surface area contributed by atoms with Crippen LogP contribution in [-0.4, -0.2) is 36.8 Å². The van der Waals surface area contributed by atoms with Gasteiger partial charge in [-0.05, 0) is 36.2 Å². The van der Waals surface area contributed by atoms with Gasteiger partial charge in [-0.1, -0.05) is 30.3 Å². The van der Waals surface area contributed by atoms with Gasteiger partial charge < -0.3 is 10.1 Å². The number of aryl methyl sites for hydroxylation is 1. The molecule has 4 amide bonds. The van der Waals surface area contributed by atoms with Gasteiger partial charge in [0.1, 0.15) is 5.75 Å². The summed E-state index contributed by atoms with van der Waals surface area (Å²) in [5.74, 6) is -2.28. The fourth-order valence-electron chi connectivity index (χ4n) is 3.02. The maximum Gasteiger partial charge on any atom is 0.440 e. The maximum atomic E-state index is 13.9. The average molecular weight is 421 g/mol. The van der Waals surface area contributed by atoms with Gasteiger partial charge in [-0.15, -0.1) is 0 Å². The molecule has 0 aliphatic carbocycles. The van der Waals surface area contributed by atoms with Crippen molar-refractivity contribution in [2.24, 2.45) is 0 Å². The third kappa shape index (κ3) is 3.93. The van der Waals surface area contributed by atoms with E-state index in [2.05, 4.69) is 0 Å². The van der Waals surface area contributed by atoms with Gasteiger partial charge in [-0.2, -0.15) is 13.2 Å². The topological polar surface area (TPSA) is 87.7 Å². The summed E-state index contributed by atoms with van der Waals surface area (Å²) in [6, 6.07) is 12.7. The van der Waals surface area contributed by atoms with Gasteiger partial charge in [0, 0.05) is 6.42 Å². The van der Waals surface area contributed by atoms with E-state index in [0.29, 0.717) is 10.6 Å². The molecular formula is C20H18F3N3O4. The number of carbonyl (C=O) groups excluding carboxylic acids is 3. The van der Waals surface area contributed by atoms with Crippen molar-refractivity contribution in [3.63, 3.8) is 0 Å². The minimum atomic E-state index is -5.26. The Morgan fingerprint density at radius 2 is 1.73 bits per heavy atom. The molecule has 1 aliphatic heterocycles. The summed E-state index contributed by atoms with van der Waals surface area (Å²) in [7, 11) is 1.39. The smallest absolute Gasteiger partial charge is 0.440 e. The van der Waals surface area contributed by atoms with E-state index in [0.717, 1.165) is 5.56 Å². The van der Waals surface area contributed by atoms with E-state index in [9.17, 15) is 27.6 Å². The standard InChI is InChI=1S/C20H18F3N3O4/c1-30-15-10-8-14(9-11-15)26-17(28)19(20(21,22)23,25-18(26)29)24-16(27)12-7-13-5-3-2-4-6-13/h2-6,8-11H,7,12H2,1H3,(H,24,27)(H,25,29). The third-order valence-corrected chi connectivity index (χ3v) is 4.59. The molecule has 1 atom stereocenters. The van der Waals surface area contributed by atoms with Gasteiger partial charge >= 0.3 is 12.2 Å². The lowest BCUT2D eigenvalue weighted by Crippen LogP contribution is -2.69. The Labute approximate surface area is 169 Å². The molecule has 0 radical (unpaired) electrons. The van der Waals surface area contributed by atoms with Crippen molar-refractivity contribution >= 4 is 23.5 Å². The number of alkyl halides is 3. The number of nitrogens with one attached hydrogen (secondary N) is 2. The second-order valence-corrected chi connectivity index (χ2v) is 6.55. The van der Waals surface area contributed by atoms with E-state index in [4.69, 9.17) is 4.74 Å². The molecule has 158 valence electrons. The average Bonchev–Trinajstić information content (AvgIpc) is 2.97. The van der Waals surface area contributed by atoms with Crippen LogP contribution in [0.1, 0.15) is 12.0 Å². The summed E-state index contributed by atoms with van der Waals surface area (Å²) in [4.78, 5) is 37.6. The van der Waals surface area contributed by atoms with Crippen LogP contribution in [0.4, 0.5) is 23.7 Å². The molecule has 0 bridgehead atoms. The molecule has 0 saturated carbocycles. The van der Waals surface area contributed by atoms with E-state index in [-0.39, 0.29) is 18.5 Å². The zero-order chi connectivity index (χ0) is 21.9. The van der Waals surface area contributed by atoms with E-state index in [1.165, 1.54) is 31.4 Å². The van der Waals surface area contributed by atoms with Crippen molar-refractivity contribution in [2.45, 2.75) is 24.7 Å². The molecule has 7 nitrogen and oxygen atoms in total. The van der Waals surface area contributed by atoms with E-state index in [1.54, 1.807) is 41.0 Å². The molecule has 1 saturated heterocycles. The number of ether oxygens (including phenoxy) is 1. The molecule has 10 heteroatoms. The number of hydrogen-bond acceptors (Lipinski definition) is 4. The largest absolute Gasteiger partial charge is 0.497 e. The van der Waals surface area contributed by atoms with E-state index < -0.39 is 29.7 Å². The highest BCUT2D eigenvalue weighted by Gasteiger charge is 2.69. The van der Waals surface area contributed by atoms with Crippen LogP contribution in [0.15, 0.2) is 54.6 Å². The van der Waals surface area contributed by atoms with Gasteiger partial charge in [-0.3, -0.25) is 14.9 Å². The van der Waals surface area contributed by atoms with Crippen molar-refractivity contribution in [1.29, 1.82) is 0 Å². The van der Waals surface area contributed by atoms with Gasteiger partial charge in [0.15, 0.2) is 0 Å². The number of nitrogens with zero attached hydrogens (tertiary/aromatic N) is 1. The number of hydrogen-bond donors (Lipinski definition) is 2. The Bertz CT molecular complexity index is 948. The molecule has 2 N–H and O–H groups in total. The fourth-order valence-corrected chi connectivity index (χ4v) is 3.02. The number of imide groups is 1. The first kappa shape index (κ1) is 21.2. The summed E-state index contributed by atoms with van der Waals surface area (Å²) < 4.78 is 46.6. The molecule has 1 unspecified atom stereocenters.